The van der Waals surface area contributed by atoms with Crippen LogP contribution in [0.5, 0.6) is 11.5 Å². The quantitative estimate of drug-likeness (QED) is 0.870. The molecule has 4 rings (SSSR count). The van der Waals surface area contributed by atoms with Crippen LogP contribution in [-0.4, -0.2) is 30.8 Å². The van der Waals surface area contributed by atoms with E-state index in [9.17, 15) is 8.42 Å². The summed E-state index contributed by atoms with van der Waals surface area (Å²) in [6.45, 7) is 2.13. The summed E-state index contributed by atoms with van der Waals surface area (Å²) in [7, 11) is -3.71. The lowest BCUT2D eigenvalue weighted by Crippen LogP contribution is -2.18. The molecule has 2 aliphatic heterocycles. The third-order valence-corrected chi connectivity index (χ3v) is 5.05. The summed E-state index contributed by atoms with van der Waals surface area (Å²) in [6, 6.07) is 4.60. The van der Waals surface area contributed by atoms with Gasteiger partial charge in [0.2, 0.25) is 0 Å². The highest BCUT2D eigenvalue weighted by Gasteiger charge is 2.25. The molecular weight excluding hydrogens is 294 g/mol. The fourth-order valence-corrected chi connectivity index (χ4v) is 3.63. The standard InChI is InChI=1S/C13H13N3O4S/c17-21(18,16-8-9-6-14-7-11(9)15-16)10-1-2-12-13(5-10)20-4-3-19-12/h1-2,5,8,14H,3-4,6-7H2. The smallest absolute Gasteiger partial charge is 0.283 e. The van der Waals surface area contributed by atoms with E-state index in [0.717, 1.165) is 15.3 Å². The number of benzene rings is 1. The van der Waals surface area contributed by atoms with E-state index in [0.29, 0.717) is 37.8 Å². The van der Waals surface area contributed by atoms with E-state index in [2.05, 4.69) is 10.4 Å². The third kappa shape index (κ3) is 1.98. The van der Waals surface area contributed by atoms with Gasteiger partial charge in [0.15, 0.2) is 11.5 Å². The number of fused-ring (bicyclic) bond motifs is 2. The molecule has 110 valence electrons. The summed E-state index contributed by atoms with van der Waals surface area (Å²) in [5.74, 6) is 1.01. The zero-order valence-corrected chi connectivity index (χ0v) is 11.9. The first-order valence-electron chi connectivity index (χ1n) is 6.58. The predicted molar refractivity (Wildman–Crippen MR) is 72.8 cm³/mol. The molecule has 0 spiro atoms. The summed E-state index contributed by atoms with van der Waals surface area (Å²) in [5, 5.41) is 7.26. The van der Waals surface area contributed by atoms with Gasteiger partial charge in [0.1, 0.15) is 13.2 Å². The molecule has 0 saturated heterocycles. The molecule has 3 heterocycles. The van der Waals surface area contributed by atoms with Crippen molar-refractivity contribution in [2.45, 2.75) is 18.0 Å². The van der Waals surface area contributed by atoms with Gasteiger partial charge in [-0.05, 0) is 12.1 Å². The van der Waals surface area contributed by atoms with Crippen LogP contribution in [0.1, 0.15) is 11.3 Å². The van der Waals surface area contributed by atoms with Crippen LogP contribution in [0, 0.1) is 0 Å². The van der Waals surface area contributed by atoms with Crippen molar-refractivity contribution in [3.8, 4) is 11.5 Å². The molecule has 0 saturated carbocycles. The van der Waals surface area contributed by atoms with Crippen LogP contribution in [0.25, 0.3) is 0 Å². The van der Waals surface area contributed by atoms with Crippen LogP contribution in [0.3, 0.4) is 0 Å². The molecule has 1 aromatic heterocycles. The minimum atomic E-state index is -3.71. The number of rotatable bonds is 2. The molecule has 21 heavy (non-hydrogen) atoms. The second kappa shape index (κ2) is 4.47. The van der Waals surface area contributed by atoms with E-state index in [1.165, 1.54) is 12.1 Å². The van der Waals surface area contributed by atoms with Crippen molar-refractivity contribution in [2.24, 2.45) is 0 Å². The van der Waals surface area contributed by atoms with Gasteiger partial charge in [0, 0.05) is 30.9 Å². The van der Waals surface area contributed by atoms with Crippen molar-refractivity contribution in [3.05, 3.63) is 35.7 Å². The van der Waals surface area contributed by atoms with Gasteiger partial charge >= 0.3 is 0 Å². The lowest BCUT2D eigenvalue weighted by molar-refractivity contribution is 0.171. The van der Waals surface area contributed by atoms with E-state index < -0.39 is 10.0 Å². The predicted octanol–water partition coefficient (Wildman–Crippen LogP) is 0.494. The molecule has 8 heteroatoms. The minimum Gasteiger partial charge on any atom is -0.486 e. The maximum absolute atomic E-state index is 12.6. The second-order valence-corrected chi connectivity index (χ2v) is 6.68. The summed E-state index contributed by atoms with van der Waals surface area (Å²) < 4.78 is 37.1. The number of hydrogen-bond acceptors (Lipinski definition) is 6. The van der Waals surface area contributed by atoms with Crippen molar-refractivity contribution >= 4 is 10.0 Å². The lowest BCUT2D eigenvalue weighted by Gasteiger charge is -2.18. The van der Waals surface area contributed by atoms with Gasteiger partial charge in [-0.3, -0.25) is 0 Å². The molecule has 2 aliphatic rings. The highest BCUT2D eigenvalue weighted by atomic mass is 32.2. The van der Waals surface area contributed by atoms with Crippen molar-refractivity contribution in [1.82, 2.24) is 14.5 Å². The SMILES string of the molecule is O=S(=O)(c1ccc2c(c1)OCCO2)n1cc2c(n1)CNC2. The summed E-state index contributed by atoms with van der Waals surface area (Å²) in [6.07, 6.45) is 1.56. The Morgan fingerprint density at radius 3 is 2.76 bits per heavy atom. The van der Waals surface area contributed by atoms with Gasteiger partial charge in [-0.25, -0.2) is 0 Å². The van der Waals surface area contributed by atoms with E-state index in [1.807, 2.05) is 0 Å². The molecule has 0 bridgehead atoms. The molecule has 2 aromatic rings. The summed E-state index contributed by atoms with van der Waals surface area (Å²) in [5.41, 5.74) is 1.69. The molecule has 0 amide bonds. The fourth-order valence-electron chi connectivity index (χ4n) is 2.45. The highest BCUT2D eigenvalue weighted by molar-refractivity contribution is 7.89. The van der Waals surface area contributed by atoms with Gasteiger partial charge in [-0.15, -0.1) is 0 Å². The fraction of sp³-hybridized carbons (Fsp3) is 0.308. The van der Waals surface area contributed by atoms with Gasteiger partial charge in [0.05, 0.1) is 10.6 Å². The Labute approximate surface area is 121 Å². The highest BCUT2D eigenvalue weighted by Crippen LogP contribution is 2.32. The molecule has 7 nitrogen and oxygen atoms in total. The first-order valence-corrected chi connectivity index (χ1v) is 8.02. The van der Waals surface area contributed by atoms with E-state index in [4.69, 9.17) is 9.47 Å². The molecule has 0 aliphatic carbocycles. The van der Waals surface area contributed by atoms with Crippen LogP contribution in [0.4, 0.5) is 0 Å². The molecule has 1 aromatic carbocycles. The average molecular weight is 307 g/mol. The zero-order valence-electron chi connectivity index (χ0n) is 11.1. The van der Waals surface area contributed by atoms with Crippen LogP contribution >= 0.6 is 0 Å². The number of hydrogen-bond donors (Lipinski definition) is 1. The molecular formula is C13H13N3O4S. The maximum Gasteiger partial charge on any atom is 0.283 e. The van der Waals surface area contributed by atoms with E-state index in [1.54, 1.807) is 12.3 Å². The van der Waals surface area contributed by atoms with Crippen LogP contribution in [0.2, 0.25) is 0 Å². The molecule has 0 unspecified atom stereocenters. The number of aromatic nitrogens is 2. The second-order valence-electron chi connectivity index (χ2n) is 4.89. The van der Waals surface area contributed by atoms with Crippen molar-refractivity contribution in [1.29, 1.82) is 0 Å². The van der Waals surface area contributed by atoms with Crippen molar-refractivity contribution in [3.63, 3.8) is 0 Å². The summed E-state index contributed by atoms with van der Waals surface area (Å²) in [4.78, 5) is 0.140. The number of nitrogens with zero attached hydrogens (tertiary/aromatic N) is 2. The van der Waals surface area contributed by atoms with Gasteiger partial charge in [-0.1, -0.05) is 0 Å². The monoisotopic (exact) mass is 307 g/mol. The van der Waals surface area contributed by atoms with E-state index in [-0.39, 0.29) is 4.90 Å². The summed E-state index contributed by atoms with van der Waals surface area (Å²) >= 11 is 0. The Morgan fingerprint density at radius 1 is 1.14 bits per heavy atom. The number of nitrogens with one attached hydrogen (secondary N) is 1. The third-order valence-electron chi connectivity index (χ3n) is 3.52. The minimum absolute atomic E-state index is 0.140. The Morgan fingerprint density at radius 2 is 1.95 bits per heavy atom. The zero-order chi connectivity index (χ0) is 14.4. The van der Waals surface area contributed by atoms with Gasteiger partial charge < -0.3 is 14.8 Å². The molecule has 1 N–H and O–H groups in total. The topological polar surface area (TPSA) is 82.5 Å². The van der Waals surface area contributed by atoms with Crippen LogP contribution in [0.15, 0.2) is 29.3 Å². The largest absolute Gasteiger partial charge is 0.486 e. The van der Waals surface area contributed by atoms with Crippen LogP contribution in [-0.2, 0) is 23.1 Å². The number of ether oxygens (including phenoxy) is 2. The van der Waals surface area contributed by atoms with Crippen molar-refractivity contribution in [2.75, 3.05) is 13.2 Å². The van der Waals surface area contributed by atoms with Crippen molar-refractivity contribution < 1.29 is 17.9 Å². The Hall–Kier alpha value is -2.06. The van der Waals surface area contributed by atoms with E-state index >= 15 is 0 Å². The normalized spacial score (nSPS) is 16.8. The Balaban J connectivity index is 1.77. The first-order chi connectivity index (χ1) is 10.1. The Bertz CT molecular complexity index is 791. The lowest BCUT2D eigenvalue weighted by atomic mass is 10.3. The molecule has 0 radical (unpaired) electrons. The van der Waals surface area contributed by atoms with Crippen LogP contribution < -0.4 is 14.8 Å². The molecule has 0 fully saturated rings. The Kier molecular flexibility index (Phi) is 2.69. The first kappa shape index (κ1) is 12.7. The van der Waals surface area contributed by atoms with Gasteiger partial charge in [-0.2, -0.15) is 17.6 Å². The molecule has 0 atom stereocenters. The van der Waals surface area contributed by atoms with Gasteiger partial charge in [0.25, 0.3) is 10.0 Å². The maximum atomic E-state index is 12.6. The average Bonchev–Trinajstić information content (AvgIpc) is 3.08.